The summed E-state index contributed by atoms with van der Waals surface area (Å²) in [6, 6.07) is 16.3. The summed E-state index contributed by atoms with van der Waals surface area (Å²) in [5.74, 6) is -1.70. The molecule has 5 nitrogen and oxygen atoms in total. The van der Waals surface area contributed by atoms with Gasteiger partial charge >= 0.3 is 0 Å². The van der Waals surface area contributed by atoms with E-state index >= 15 is 0 Å². The number of nitriles is 1. The van der Waals surface area contributed by atoms with Crippen LogP contribution in [0.1, 0.15) is 36.5 Å². The quantitative estimate of drug-likeness (QED) is 0.729. The van der Waals surface area contributed by atoms with Crippen LogP contribution in [0.4, 0.5) is 10.1 Å². The molecule has 4 atom stereocenters. The maximum atomic E-state index is 13.5. The number of benzene rings is 2. The lowest BCUT2D eigenvalue weighted by molar-refractivity contribution is -0.130. The zero-order chi connectivity index (χ0) is 21.1. The Morgan fingerprint density at radius 3 is 2.57 bits per heavy atom. The van der Waals surface area contributed by atoms with Crippen LogP contribution in [-0.2, 0) is 27.4 Å². The standard InChI is InChI=1S/C24H21FN2O3/c1-23-9-10-24(30-23,12-15-5-3-2-4-6-15)20-19(23)21(28)27(22(20)29)18-8-7-16(14-26)17(11-18)13-25/h2-8,11,19-20H,9-10,12-13H2,1H3/t19-,20+,23?,24?/m1/s1. The first-order valence-electron chi connectivity index (χ1n) is 10.1. The molecule has 152 valence electrons. The molecule has 3 aliphatic rings. The number of ether oxygens (including phenoxy) is 1. The van der Waals surface area contributed by atoms with Crippen LogP contribution in [0.15, 0.2) is 48.5 Å². The summed E-state index contributed by atoms with van der Waals surface area (Å²) in [4.78, 5) is 28.1. The minimum absolute atomic E-state index is 0.178. The van der Waals surface area contributed by atoms with E-state index in [-0.39, 0.29) is 22.9 Å². The van der Waals surface area contributed by atoms with Crippen molar-refractivity contribution in [3.63, 3.8) is 0 Å². The first-order valence-corrected chi connectivity index (χ1v) is 10.1. The number of rotatable bonds is 4. The number of carbonyl (C=O) groups excluding carboxylic acids is 2. The van der Waals surface area contributed by atoms with E-state index in [1.54, 1.807) is 6.07 Å². The van der Waals surface area contributed by atoms with Gasteiger partial charge in [-0.25, -0.2) is 9.29 Å². The molecule has 2 aromatic rings. The Balaban J connectivity index is 1.55. The van der Waals surface area contributed by atoms with E-state index in [2.05, 4.69) is 0 Å². The molecule has 30 heavy (non-hydrogen) atoms. The highest BCUT2D eigenvalue weighted by Crippen LogP contribution is 2.62. The van der Waals surface area contributed by atoms with E-state index in [0.717, 1.165) is 18.4 Å². The Morgan fingerprint density at radius 2 is 1.87 bits per heavy atom. The molecule has 0 saturated carbocycles. The van der Waals surface area contributed by atoms with Crippen molar-refractivity contribution < 1.29 is 18.7 Å². The lowest BCUT2D eigenvalue weighted by Gasteiger charge is -2.31. The number of alkyl halides is 1. The number of anilines is 1. The first-order chi connectivity index (χ1) is 14.4. The second kappa shape index (κ2) is 6.48. The van der Waals surface area contributed by atoms with Gasteiger partial charge in [-0.1, -0.05) is 30.3 Å². The molecule has 0 radical (unpaired) electrons. The second-order valence-corrected chi connectivity index (χ2v) is 8.70. The van der Waals surface area contributed by atoms with Crippen LogP contribution in [0.3, 0.4) is 0 Å². The van der Waals surface area contributed by atoms with E-state index in [9.17, 15) is 14.0 Å². The lowest BCUT2D eigenvalue weighted by Crippen LogP contribution is -2.43. The van der Waals surface area contributed by atoms with Crippen molar-refractivity contribution in [2.75, 3.05) is 4.90 Å². The van der Waals surface area contributed by atoms with Crippen molar-refractivity contribution in [2.45, 2.75) is 44.1 Å². The summed E-state index contributed by atoms with van der Waals surface area (Å²) < 4.78 is 19.9. The van der Waals surface area contributed by atoms with Gasteiger partial charge in [0, 0.05) is 12.0 Å². The summed E-state index contributed by atoms with van der Waals surface area (Å²) in [6.07, 6.45) is 2.01. The van der Waals surface area contributed by atoms with E-state index in [4.69, 9.17) is 10.00 Å². The summed E-state index contributed by atoms with van der Waals surface area (Å²) in [6.45, 7) is 1.09. The number of halogens is 1. The number of fused-ring (bicyclic) bond motifs is 5. The highest BCUT2D eigenvalue weighted by molar-refractivity contribution is 6.23. The highest BCUT2D eigenvalue weighted by Gasteiger charge is 2.73. The van der Waals surface area contributed by atoms with Gasteiger partial charge in [0.05, 0.1) is 40.4 Å². The fourth-order valence-corrected chi connectivity index (χ4v) is 5.65. The molecule has 3 saturated heterocycles. The van der Waals surface area contributed by atoms with Crippen LogP contribution in [0, 0.1) is 23.2 Å². The third-order valence-electron chi connectivity index (χ3n) is 6.97. The Morgan fingerprint density at radius 1 is 1.13 bits per heavy atom. The Hall–Kier alpha value is -3.04. The zero-order valence-electron chi connectivity index (χ0n) is 16.6. The van der Waals surface area contributed by atoms with Crippen LogP contribution in [0.5, 0.6) is 0 Å². The van der Waals surface area contributed by atoms with E-state index in [0.29, 0.717) is 12.1 Å². The van der Waals surface area contributed by atoms with Gasteiger partial charge < -0.3 is 4.74 Å². The molecule has 2 unspecified atom stereocenters. The Bertz CT molecular complexity index is 1100. The molecule has 0 N–H and O–H groups in total. The molecule has 3 fully saturated rings. The summed E-state index contributed by atoms with van der Waals surface area (Å²) >= 11 is 0. The lowest BCUT2D eigenvalue weighted by atomic mass is 9.66. The average molecular weight is 404 g/mol. The molecule has 0 aliphatic carbocycles. The predicted molar refractivity (Wildman–Crippen MR) is 107 cm³/mol. The molecular formula is C24H21FN2O3. The molecule has 0 spiro atoms. The van der Waals surface area contributed by atoms with E-state index < -0.39 is 29.7 Å². The van der Waals surface area contributed by atoms with Gasteiger partial charge in [-0.15, -0.1) is 0 Å². The van der Waals surface area contributed by atoms with Crippen molar-refractivity contribution >= 4 is 17.5 Å². The number of hydrogen-bond acceptors (Lipinski definition) is 4. The number of amides is 2. The van der Waals surface area contributed by atoms with Gasteiger partial charge in [-0.2, -0.15) is 5.26 Å². The smallest absolute Gasteiger partial charge is 0.240 e. The summed E-state index contributed by atoms with van der Waals surface area (Å²) in [7, 11) is 0. The van der Waals surface area contributed by atoms with Gasteiger partial charge in [0.2, 0.25) is 11.8 Å². The molecule has 2 amide bonds. The summed E-state index contributed by atoms with van der Waals surface area (Å²) in [5, 5.41) is 9.15. The van der Waals surface area contributed by atoms with Gasteiger partial charge in [0.15, 0.2) is 0 Å². The third-order valence-corrected chi connectivity index (χ3v) is 6.97. The fourth-order valence-electron chi connectivity index (χ4n) is 5.65. The first kappa shape index (κ1) is 19.0. The highest BCUT2D eigenvalue weighted by atomic mass is 19.1. The number of carbonyl (C=O) groups is 2. The minimum atomic E-state index is -0.835. The minimum Gasteiger partial charge on any atom is -0.367 e. The van der Waals surface area contributed by atoms with Crippen molar-refractivity contribution in [3.05, 3.63) is 65.2 Å². The normalized spacial score (nSPS) is 31.8. The topological polar surface area (TPSA) is 70.4 Å². The molecule has 3 heterocycles. The fraction of sp³-hybridized carbons (Fsp3) is 0.375. The third kappa shape index (κ3) is 2.48. The van der Waals surface area contributed by atoms with Crippen LogP contribution in [0.25, 0.3) is 0 Å². The number of nitrogens with zero attached hydrogens (tertiary/aromatic N) is 2. The molecule has 6 heteroatoms. The van der Waals surface area contributed by atoms with Gasteiger partial charge in [-0.05, 0) is 43.5 Å². The van der Waals surface area contributed by atoms with E-state index in [1.807, 2.05) is 43.3 Å². The average Bonchev–Trinajstić information content (AvgIpc) is 3.32. The molecule has 5 rings (SSSR count). The number of imide groups is 1. The maximum Gasteiger partial charge on any atom is 0.240 e. The van der Waals surface area contributed by atoms with Crippen molar-refractivity contribution in [1.82, 2.24) is 0 Å². The van der Waals surface area contributed by atoms with Gasteiger partial charge in [0.1, 0.15) is 6.67 Å². The van der Waals surface area contributed by atoms with E-state index in [1.165, 1.54) is 17.0 Å². The largest absolute Gasteiger partial charge is 0.367 e. The second-order valence-electron chi connectivity index (χ2n) is 8.70. The van der Waals surface area contributed by atoms with Gasteiger partial charge in [-0.3, -0.25) is 9.59 Å². The molecule has 0 aromatic heterocycles. The van der Waals surface area contributed by atoms with Crippen LogP contribution >= 0.6 is 0 Å². The summed E-state index contributed by atoms with van der Waals surface area (Å²) in [5.41, 5.74) is 0.380. The molecule has 3 aliphatic heterocycles. The van der Waals surface area contributed by atoms with Crippen LogP contribution in [0.2, 0.25) is 0 Å². The van der Waals surface area contributed by atoms with Crippen molar-refractivity contribution in [1.29, 1.82) is 5.26 Å². The Labute approximate surface area is 174 Å². The zero-order valence-corrected chi connectivity index (χ0v) is 16.6. The Kier molecular flexibility index (Phi) is 4.09. The van der Waals surface area contributed by atoms with Crippen LogP contribution in [-0.4, -0.2) is 23.0 Å². The molecule has 2 bridgehead atoms. The molecule has 2 aromatic carbocycles. The predicted octanol–water partition coefficient (Wildman–Crippen LogP) is 3.70. The van der Waals surface area contributed by atoms with Gasteiger partial charge in [0.25, 0.3) is 0 Å². The van der Waals surface area contributed by atoms with Crippen LogP contribution < -0.4 is 4.90 Å². The van der Waals surface area contributed by atoms with Crippen molar-refractivity contribution in [2.24, 2.45) is 11.8 Å². The number of hydrogen-bond donors (Lipinski definition) is 0. The monoisotopic (exact) mass is 404 g/mol. The SMILES string of the molecule is CC12CCC(Cc3ccccc3)(O1)[C@@H]1C(=O)N(c3ccc(C#N)c(CF)c3)C(=O)[C@@H]12. The van der Waals surface area contributed by atoms with Crippen molar-refractivity contribution in [3.8, 4) is 6.07 Å². The molecular weight excluding hydrogens is 383 g/mol. The maximum absolute atomic E-state index is 13.5.